The molecule has 0 saturated carbocycles. The van der Waals surface area contributed by atoms with E-state index in [1.165, 1.54) is 12.3 Å². The maximum absolute atomic E-state index is 11.6. The van der Waals surface area contributed by atoms with Gasteiger partial charge in [-0.3, -0.25) is 0 Å². The number of aryl methyl sites for hydroxylation is 1. The van der Waals surface area contributed by atoms with Crippen molar-refractivity contribution in [1.82, 2.24) is 0 Å². The van der Waals surface area contributed by atoms with Crippen LogP contribution in [0, 0.1) is 6.92 Å². The van der Waals surface area contributed by atoms with Crippen molar-refractivity contribution in [1.29, 1.82) is 0 Å². The van der Waals surface area contributed by atoms with Gasteiger partial charge in [0.05, 0.1) is 6.26 Å². The highest BCUT2D eigenvalue weighted by Crippen LogP contribution is 2.10. The number of nitrogens with two attached hydrogens (primary N) is 1. The van der Waals surface area contributed by atoms with Crippen molar-refractivity contribution in [2.75, 3.05) is 0 Å². The Kier molecular flexibility index (Phi) is 3.43. The van der Waals surface area contributed by atoms with Crippen molar-refractivity contribution in [2.24, 2.45) is 10.9 Å². The summed E-state index contributed by atoms with van der Waals surface area (Å²) >= 11 is 0. The molecule has 18 heavy (non-hydrogen) atoms. The minimum Gasteiger partial charge on any atom is -0.469 e. The standard InChI is InChI=1S/C13H12N2O3/c1-9-11(7-8-17-9)13(16)18-15-12(14)10-5-3-2-4-6-10/h2-8H,1H3,(H2,14,15). The van der Waals surface area contributed by atoms with Crippen LogP contribution in [0.3, 0.4) is 0 Å². The number of rotatable bonds is 3. The summed E-state index contributed by atoms with van der Waals surface area (Å²) in [6.07, 6.45) is 1.41. The number of amidine groups is 1. The summed E-state index contributed by atoms with van der Waals surface area (Å²) in [5, 5.41) is 3.59. The summed E-state index contributed by atoms with van der Waals surface area (Å²) in [4.78, 5) is 16.4. The second-order valence-corrected chi connectivity index (χ2v) is 3.61. The Hall–Kier alpha value is -2.56. The lowest BCUT2D eigenvalue weighted by Gasteiger charge is -2.00. The molecule has 0 atom stereocenters. The number of oxime groups is 1. The van der Waals surface area contributed by atoms with Gasteiger partial charge in [0.2, 0.25) is 0 Å². The number of furan rings is 1. The van der Waals surface area contributed by atoms with Crippen LogP contribution in [-0.2, 0) is 4.84 Å². The zero-order valence-corrected chi connectivity index (χ0v) is 9.79. The van der Waals surface area contributed by atoms with Gasteiger partial charge in [-0.15, -0.1) is 0 Å². The molecule has 0 spiro atoms. The third-order valence-electron chi connectivity index (χ3n) is 2.38. The van der Waals surface area contributed by atoms with Crippen LogP contribution in [0.1, 0.15) is 21.7 Å². The summed E-state index contributed by atoms with van der Waals surface area (Å²) in [7, 11) is 0. The molecular weight excluding hydrogens is 232 g/mol. The molecule has 2 rings (SSSR count). The fourth-order valence-corrected chi connectivity index (χ4v) is 1.40. The molecule has 2 N–H and O–H groups in total. The lowest BCUT2D eigenvalue weighted by atomic mass is 10.2. The summed E-state index contributed by atoms with van der Waals surface area (Å²) < 4.78 is 5.00. The lowest BCUT2D eigenvalue weighted by Crippen LogP contribution is -2.15. The Balaban J connectivity index is 2.08. The molecule has 0 bridgehead atoms. The van der Waals surface area contributed by atoms with Gasteiger partial charge in [0.25, 0.3) is 0 Å². The van der Waals surface area contributed by atoms with Crippen molar-refractivity contribution in [2.45, 2.75) is 6.92 Å². The normalized spacial score (nSPS) is 11.3. The molecule has 0 fully saturated rings. The molecule has 0 aliphatic rings. The number of benzene rings is 1. The zero-order chi connectivity index (χ0) is 13.0. The van der Waals surface area contributed by atoms with E-state index in [-0.39, 0.29) is 5.84 Å². The Morgan fingerprint density at radius 2 is 2.00 bits per heavy atom. The molecule has 1 heterocycles. The Morgan fingerprint density at radius 1 is 1.28 bits per heavy atom. The van der Waals surface area contributed by atoms with Crippen LogP contribution in [0.4, 0.5) is 0 Å². The zero-order valence-electron chi connectivity index (χ0n) is 9.79. The number of hydrogen-bond acceptors (Lipinski definition) is 4. The summed E-state index contributed by atoms with van der Waals surface area (Å²) in [6.45, 7) is 1.67. The van der Waals surface area contributed by atoms with Crippen LogP contribution >= 0.6 is 0 Å². The van der Waals surface area contributed by atoms with Gasteiger partial charge in [0.15, 0.2) is 5.84 Å². The molecular formula is C13H12N2O3. The topological polar surface area (TPSA) is 77.8 Å². The first-order valence-corrected chi connectivity index (χ1v) is 5.33. The second-order valence-electron chi connectivity index (χ2n) is 3.61. The molecule has 0 unspecified atom stereocenters. The third kappa shape index (κ3) is 2.57. The number of hydrogen-bond donors (Lipinski definition) is 1. The van der Waals surface area contributed by atoms with E-state index in [1.54, 1.807) is 19.1 Å². The predicted molar refractivity (Wildman–Crippen MR) is 66.0 cm³/mol. The molecule has 92 valence electrons. The van der Waals surface area contributed by atoms with E-state index in [2.05, 4.69) is 5.16 Å². The second kappa shape index (κ2) is 5.18. The summed E-state index contributed by atoms with van der Waals surface area (Å²) in [5.74, 6) is 0.0266. The summed E-state index contributed by atoms with van der Waals surface area (Å²) in [5.41, 5.74) is 6.71. The van der Waals surface area contributed by atoms with E-state index in [9.17, 15) is 4.79 Å². The van der Waals surface area contributed by atoms with Gasteiger partial charge < -0.3 is 15.0 Å². The first-order chi connectivity index (χ1) is 8.68. The number of carbonyl (C=O) groups is 1. The van der Waals surface area contributed by atoms with E-state index in [0.717, 1.165) is 0 Å². The Morgan fingerprint density at radius 3 is 2.61 bits per heavy atom. The molecule has 0 aliphatic carbocycles. The maximum atomic E-state index is 11.6. The van der Waals surface area contributed by atoms with Gasteiger partial charge in [-0.1, -0.05) is 35.5 Å². The molecule has 0 saturated heterocycles. The van der Waals surface area contributed by atoms with Crippen molar-refractivity contribution in [3.63, 3.8) is 0 Å². The van der Waals surface area contributed by atoms with Crippen LogP contribution in [0.25, 0.3) is 0 Å². The lowest BCUT2D eigenvalue weighted by molar-refractivity contribution is 0.0514. The fourth-order valence-electron chi connectivity index (χ4n) is 1.40. The average Bonchev–Trinajstić information content (AvgIpc) is 2.83. The van der Waals surface area contributed by atoms with Crippen molar-refractivity contribution in [3.05, 3.63) is 59.5 Å². The van der Waals surface area contributed by atoms with Gasteiger partial charge in [-0.05, 0) is 13.0 Å². The van der Waals surface area contributed by atoms with E-state index >= 15 is 0 Å². The molecule has 0 aliphatic heterocycles. The van der Waals surface area contributed by atoms with Gasteiger partial charge in [-0.25, -0.2) is 4.79 Å². The number of carbonyl (C=O) groups excluding carboxylic acids is 1. The number of nitrogens with zero attached hydrogens (tertiary/aromatic N) is 1. The van der Waals surface area contributed by atoms with Crippen LogP contribution < -0.4 is 5.73 Å². The molecule has 0 amide bonds. The van der Waals surface area contributed by atoms with Crippen LogP contribution in [0.2, 0.25) is 0 Å². The molecule has 0 radical (unpaired) electrons. The minimum absolute atomic E-state index is 0.144. The van der Waals surface area contributed by atoms with Gasteiger partial charge >= 0.3 is 5.97 Å². The highest BCUT2D eigenvalue weighted by atomic mass is 16.7. The Labute approximate surface area is 104 Å². The van der Waals surface area contributed by atoms with E-state index in [1.807, 2.05) is 18.2 Å². The van der Waals surface area contributed by atoms with E-state index in [0.29, 0.717) is 16.9 Å². The Bertz CT molecular complexity index is 573. The molecule has 1 aromatic carbocycles. The average molecular weight is 244 g/mol. The van der Waals surface area contributed by atoms with E-state index < -0.39 is 5.97 Å². The maximum Gasteiger partial charge on any atom is 0.369 e. The van der Waals surface area contributed by atoms with Gasteiger partial charge in [0, 0.05) is 5.56 Å². The van der Waals surface area contributed by atoms with Crippen molar-refractivity contribution >= 4 is 11.8 Å². The molecule has 1 aromatic heterocycles. The SMILES string of the molecule is Cc1occc1C(=O)O/N=C(\N)c1ccccc1. The third-order valence-corrected chi connectivity index (χ3v) is 2.38. The largest absolute Gasteiger partial charge is 0.469 e. The molecule has 5 nitrogen and oxygen atoms in total. The van der Waals surface area contributed by atoms with Crippen LogP contribution in [-0.4, -0.2) is 11.8 Å². The van der Waals surface area contributed by atoms with E-state index in [4.69, 9.17) is 15.0 Å². The fraction of sp³-hybridized carbons (Fsp3) is 0.0769. The molecule has 5 heteroatoms. The van der Waals surface area contributed by atoms with Crippen molar-refractivity contribution in [3.8, 4) is 0 Å². The monoisotopic (exact) mass is 244 g/mol. The minimum atomic E-state index is -0.597. The van der Waals surface area contributed by atoms with Crippen molar-refractivity contribution < 1.29 is 14.0 Å². The predicted octanol–water partition coefficient (Wildman–Crippen LogP) is 2.07. The van der Waals surface area contributed by atoms with Crippen LogP contribution in [0.15, 0.2) is 52.2 Å². The first kappa shape index (κ1) is 11.9. The highest BCUT2D eigenvalue weighted by Gasteiger charge is 2.13. The molecule has 2 aromatic rings. The highest BCUT2D eigenvalue weighted by molar-refractivity contribution is 5.98. The smallest absolute Gasteiger partial charge is 0.369 e. The first-order valence-electron chi connectivity index (χ1n) is 5.33. The summed E-state index contributed by atoms with van der Waals surface area (Å²) in [6, 6.07) is 10.6. The van der Waals surface area contributed by atoms with Gasteiger partial charge in [-0.2, -0.15) is 0 Å². The quantitative estimate of drug-likeness (QED) is 0.388. The van der Waals surface area contributed by atoms with Gasteiger partial charge in [0.1, 0.15) is 11.3 Å². The van der Waals surface area contributed by atoms with Crippen LogP contribution in [0.5, 0.6) is 0 Å².